The van der Waals surface area contributed by atoms with E-state index in [9.17, 15) is 0 Å². The summed E-state index contributed by atoms with van der Waals surface area (Å²) in [6, 6.07) is 0. The molecule has 0 heterocycles. The maximum absolute atomic E-state index is 5.19. The molecule has 0 rings (SSSR count). The minimum Gasteiger partial charge on any atom is -0.474 e. The molecular weight excluding hydrogens is 296 g/mol. The van der Waals surface area contributed by atoms with Crippen LogP contribution in [-0.2, 0) is 14.2 Å². The van der Waals surface area contributed by atoms with E-state index in [4.69, 9.17) is 38.6 Å². The minimum absolute atomic E-state index is 0.287. The molecule has 0 radical (unpaired) electrons. The van der Waals surface area contributed by atoms with Gasteiger partial charge in [0.05, 0.1) is 0 Å². The van der Waals surface area contributed by atoms with Gasteiger partial charge in [-0.2, -0.15) is 0 Å². The summed E-state index contributed by atoms with van der Waals surface area (Å²) in [7, 11) is 1.57. The van der Waals surface area contributed by atoms with E-state index in [0.29, 0.717) is 22.0 Å². The summed E-state index contributed by atoms with van der Waals surface area (Å²) in [6.45, 7) is 7.83. The Balaban J connectivity index is 3.97. The lowest BCUT2D eigenvalue weighted by atomic mass is 10.7. The lowest BCUT2D eigenvalue weighted by Gasteiger charge is -2.14. The Morgan fingerprint density at radius 1 is 1.12 bits per heavy atom. The van der Waals surface area contributed by atoms with Crippen LogP contribution >= 0.6 is 48.0 Å². The van der Waals surface area contributed by atoms with Crippen molar-refractivity contribution in [3.05, 3.63) is 25.3 Å². The first-order chi connectivity index (χ1) is 8.13. The molecule has 96 valence electrons. The zero-order chi connectivity index (χ0) is 13.1. The maximum atomic E-state index is 5.19. The zero-order valence-electron chi connectivity index (χ0n) is 9.42. The number of hydrogen-bond acceptors (Lipinski definition) is 7. The van der Waals surface area contributed by atoms with E-state index in [-0.39, 0.29) is 4.77 Å². The molecule has 0 N–H and O–H groups in total. The van der Waals surface area contributed by atoms with Crippen molar-refractivity contribution in [2.75, 3.05) is 20.3 Å². The predicted molar refractivity (Wildman–Crippen MR) is 83.5 cm³/mol. The van der Waals surface area contributed by atoms with Gasteiger partial charge in [-0.25, -0.2) is 0 Å². The molecule has 0 aromatic carbocycles. The zero-order valence-corrected chi connectivity index (χ0v) is 12.7. The number of thioether (sulfide) groups is 2. The first-order valence-electron chi connectivity index (χ1n) is 4.55. The summed E-state index contributed by atoms with van der Waals surface area (Å²) in [4.78, 5) is 0. The third-order valence-electron chi connectivity index (χ3n) is 1.22. The largest absolute Gasteiger partial charge is 0.474 e. The van der Waals surface area contributed by atoms with Crippen molar-refractivity contribution in [1.29, 1.82) is 0 Å². The molecule has 0 amide bonds. The Hall–Kier alpha value is -0.0800. The molecule has 0 aromatic rings. The van der Waals surface area contributed by atoms with Gasteiger partial charge in [-0.05, 0) is 48.0 Å². The van der Waals surface area contributed by atoms with Crippen molar-refractivity contribution in [2.45, 2.75) is 4.77 Å². The summed E-state index contributed by atoms with van der Waals surface area (Å²) in [6.07, 6.45) is 3.25. The van der Waals surface area contributed by atoms with Gasteiger partial charge in [0.25, 0.3) is 0 Å². The highest BCUT2D eigenvalue weighted by atomic mass is 32.2. The lowest BCUT2D eigenvalue weighted by molar-refractivity contribution is 0.235. The maximum Gasteiger partial charge on any atom is 0.223 e. The average Bonchev–Trinajstić information content (AvgIpc) is 2.32. The molecule has 0 aromatic heterocycles. The van der Waals surface area contributed by atoms with Crippen molar-refractivity contribution in [3.8, 4) is 0 Å². The van der Waals surface area contributed by atoms with Crippen molar-refractivity contribution in [2.24, 2.45) is 0 Å². The molecular formula is C10H14O3S4. The van der Waals surface area contributed by atoms with E-state index in [2.05, 4.69) is 13.2 Å². The summed E-state index contributed by atoms with van der Waals surface area (Å²) >= 11 is 12.5. The average molecular weight is 310 g/mol. The van der Waals surface area contributed by atoms with E-state index in [1.165, 1.54) is 23.5 Å². The normalized spacial score (nSPS) is 9.76. The topological polar surface area (TPSA) is 27.7 Å². The molecule has 0 aliphatic heterocycles. The van der Waals surface area contributed by atoms with Crippen LogP contribution in [0, 0.1) is 0 Å². The molecule has 0 aliphatic rings. The fourth-order valence-electron chi connectivity index (χ4n) is 0.599. The second-order valence-electron chi connectivity index (χ2n) is 2.46. The van der Waals surface area contributed by atoms with E-state index >= 15 is 0 Å². The monoisotopic (exact) mass is 310 g/mol. The van der Waals surface area contributed by atoms with Crippen LogP contribution in [0.4, 0.5) is 0 Å². The van der Waals surface area contributed by atoms with Crippen LogP contribution in [0.3, 0.4) is 0 Å². The van der Waals surface area contributed by atoms with E-state index in [1.54, 1.807) is 19.3 Å². The lowest BCUT2D eigenvalue weighted by Crippen LogP contribution is -2.10. The Labute approximate surface area is 121 Å². The molecule has 0 atom stereocenters. The first kappa shape index (κ1) is 16.9. The Bertz CT molecular complexity index is 255. The molecule has 0 saturated heterocycles. The summed E-state index contributed by atoms with van der Waals surface area (Å²) in [5, 5.41) is 0. The smallest absolute Gasteiger partial charge is 0.223 e. The molecule has 0 spiro atoms. The molecule has 0 aliphatic carbocycles. The predicted octanol–water partition coefficient (Wildman–Crippen LogP) is 3.36. The van der Waals surface area contributed by atoms with Gasteiger partial charge < -0.3 is 14.2 Å². The van der Waals surface area contributed by atoms with E-state index in [0.717, 1.165) is 0 Å². The number of hydrogen-bond donors (Lipinski definition) is 0. The van der Waals surface area contributed by atoms with Gasteiger partial charge >= 0.3 is 0 Å². The van der Waals surface area contributed by atoms with Crippen LogP contribution in [0.25, 0.3) is 0 Å². The molecule has 0 saturated carbocycles. The number of ether oxygens (including phenoxy) is 3. The molecule has 17 heavy (non-hydrogen) atoms. The van der Waals surface area contributed by atoms with Gasteiger partial charge in [0.15, 0.2) is 4.77 Å². The Morgan fingerprint density at radius 3 is 1.82 bits per heavy atom. The van der Waals surface area contributed by atoms with Crippen molar-refractivity contribution >= 4 is 56.7 Å². The summed E-state index contributed by atoms with van der Waals surface area (Å²) in [5.74, 6) is 0. The van der Waals surface area contributed by atoms with Gasteiger partial charge in [0, 0.05) is 7.11 Å². The fourth-order valence-corrected chi connectivity index (χ4v) is 3.12. The van der Waals surface area contributed by atoms with Crippen molar-refractivity contribution < 1.29 is 14.2 Å². The Morgan fingerprint density at radius 2 is 1.53 bits per heavy atom. The molecule has 0 bridgehead atoms. The third kappa shape index (κ3) is 9.61. The van der Waals surface area contributed by atoms with Crippen LogP contribution in [0.2, 0.25) is 0 Å². The highest BCUT2D eigenvalue weighted by Crippen LogP contribution is 2.27. The standard InChI is InChI=1S/C10H14O3S4/c1-4-6-12-8(14)16-10(11-3)17-9(15)13-7-5-2/h4-5,10H,1-2,6-7H2,3H3. The van der Waals surface area contributed by atoms with Crippen LogP contribution in [0.5, 0.6) is 0 Å². The van der Waals surface area contributed by atoms with Gasteiger partial charge in [0.2, 0.25) is 8.77 Å². The second kappa shape index (κ2) is 11.0. The van der Waals surface area contributed by atoms with E-state index < -0.39 is 0 Å². The van der Waals surface area contributed by atoms with Gasteiger partial charge in [0.1, 0.15) is 13.2 Å². The quantitative estimate of drug-likeness (QED) is 0.404. The SMILES string of the molecule is C=CCOC(=S)SC(OC)SC(=S)OCC=C. The molecule has 0 unspecified atom stereocenters. The highest BCUT2D eigenvalue weighted by molar-refractivity contribution is 8.35. The fraction of sp³-hybridized carbons (Fsp3) is 0.400. The van der Waals surface area contributed by atoms with Crippen LogP contribution in [0.15, 0.2) is 25.3 Å². The van der Waals surface area contributed by atoms with Gasteiger partial charge in [-0.3, -0.25) is 0 Å². The van der Waals surface area contributed by atoms with Crippen LogP contribution < -0.4 is 0 Å². The van der Waals surface area contributed by atoms with E-state index in [1.807, 2.05) is 0 Å². The summed E-state index contributed by atoms with van der Waals surface area (Å²) in [5.41, 5.74) is 0. The van der Waals surface area contributed by atoms with Crippen LogP contribution in [0.1, 0.15) is 0 Å². The number of methoxy groups -OCH3 is 1. The van der Waals surface area contributed by atoms with Gasteiger partial charge in [-0.1, -0.05) is 25.3 Å². The van der Waals surface area contributed by atoms with Gasteiger partial charge in [-0.15, -0.1) is 0 Å². The van der Waals surface area contributed by atoms with Crippen molar-refractivity contribution in [1.82, 2.24) is 0 Å². The summed E-state index contributed by atoms with van der Waals surface area (Å²) < 4.78 is 16.0. The molecule has 3 nitrogen and oxygen atoms in total. The number of thiocarbonyl (C=S) groups is 2. The van der Waals surface area contributed by atoms with Crippen molar-refractivity contribution in [3.63, 3.8) is 0 Å². The second-order valence-corrected chi connectivity index (χ2v) is 6.09. The number of rotatable bonds is 7. The Kier molecular flexibility index (Phi) is 11.0. The first-order valence-corrected chi connectivity index (χ1v) is 7.13. The minimum atomic E-state index is -0.287. The van der Waals surface area contributed by atoms with Crippen LogP contribution in [-0.4, -0.2) is 33.9 Å². The third-order valence-corrected chi connectivity index (χ3v) is 4.00. The highest BCUT2D eigenvalue weighted by Gasteiger charge is 2.16. The molecule has 0 fully saturated rings. The molecule has 7 heteroatoms.